The number of nitrogens with one attached hydrogen (secondary N) is 1. The standard InChI is InChI=1S/C14H12BrFN2O2/c1-9-6-7-12(18(9)17-13(19)8-15)14(20)10-4-2-3-5-11(10)16/h2-7H,8H2,1H3,(H,17,19). The molecular weight excluding hydrogens is 327 g/mol. The van der Waals surface area contributed by atoms with E-state index in [2.05, 4.69) is 21.4 Å². The number of aromatic nitrogens is 1. The average molecular weight is 339 g/mol. The van der Waals surface area contributed by atoms with Crippen molar-refractivity contribution in [1.29, 1.82) is 0 Å². The van der Waals surface area contributed by atoms with E-state index in [1.807, 2.05) is 0 Å². The number of amides is 1. The number of alkyl halides is 1. The van der Waals surface area contributed by atoms with Gasteiger partial charge in [-0.05, 0) is 31.2 Å². The van der Waals surface area contributed by atoms with Crippen LogP contribution in [0.1, 0.15) is 21.7 Å². The summed E-state index contributed by atoms with van der Waals surface area (Å²) in [5, 5.41) is 0.109. The maximum atomic E-state index is 13.7. The van der Waals surface area contributed by atoms with E-state index in [0.29, 0.717) is 5.69 Å². The highest BCUT2D eigenvalue weighted by Gasteiger charge is 2.19. The molecule has 0 radical (unpaired) electrons. The molecule has 0 unspecified atom stereocenters. The Morgan fingerprint density at radius 1 is 1.25 bits per heavy atom. The van der Waals surface area contributed by atoms with Gasteiger partial charge in [-0.15, -0.1) is 0 Å². The molecule has 1 amide bonds. The second kappa shape index (κ2) is 6.00. The molecule has 0 fully saturated rings. The summed E-state index contributed by atoms with van der Waals surface area (Å²) in [7, 11) is 0. The Hall–Kier alpha value is -1.95. The number of hydrogen-bond acceptors (Lipinski definition) is 2. The van der Waals surface area contributed by atoms with Gasteiger partial charge in [-0.1, -0.05) is 28.1 Å². The molecule has 1 aromatic carbocycles. The van der Waals surface area contributed by atoms with E-state index in [-0.39, 0.29) is 22.5 Å². The minimum absolute atomic E-state index is 0.0278. The van der Waals surface area contributed by atoms with Crippen molar-refractivity contribution >= 4 is 27.6 Å². The first kappa shape index (κ1) is 14.5. The summed E-state index contributed by atoms with van der Waals surface area (Å²) in [4.78, 5) is 23.8. The maximum Gasteiger partial charge on any atom is 0.249 e. The lowest BCUT2D eigenvalue weighted by atomic mass is 10.1. The van der Waals surface area contributed by atoms with Crippen LogP contribution >= 0.6 is 15.9 Å². The minimum Gasteiger partial charge on any atom is -0.287 e. The van der Waals surface area contributed by atoms with Crippen LogP contribution in [-0.2, 0) is 4.79 Å². The van der Waals surface area contributed by atoms with Crippen molar-refractivity contribution in [3.8, 4) is 0 Å². The van der Waals surface area contributed by atoms with Gasteiger partial charge in [0.05, 0.1) is 10.9 Å². The van der Waals surface area contributed by atoms with Gasteiger partial charge in [-0.2, -0.15) is 0 Å². The first-order valence-electron chi connectivity index (χ1n) is 5.88. The minimum atomic E-state index is -0.588. The van der Waals surface area contributed by atoms with Crippen molar-refractivity contribution in [1.82, 2.24) is 4.68 Å². The topological polar surface area (TPSA) is 51.1 Å². The maximum absolute atomic E-state index is 13.7. The predicted octanol–water partition coefficient (Wildman–Crippen LogP) is 2.63. The quantitative estimate of drug-likeness (QED) is 0.688. The highest BCUT2D eigenvalue weighted by atomic mass is 79.9. The largest absolute Gasteiger partial charge is 0.287 e. The van der Waals surface area contributed by atoms with Crippen molar-refractivity contribution in [3.63, 3.8) is 0 Å². The van der Waals surface area contributed by atoms with Gasteiger partial charge in [0.15, 0.2) is 0 Å². The van der Waals surface area contributed by atoms with Crippen LogP contribution in [0.2, 0.25) is 0 Å². The van der Waals surface area contributed by atoms with Gasteiger partial charge in [0.1, 0.15) is 11.5 Å². The van der Waals surface area contributed by atoms with Crippen LogP contribution in [0.5, 0.6) is 0 Å². The Labute approximate surface area is 123 Å². The Kier molecular flexibility index (Phi) is 4.34. The average Bonchev–Trinajstić information content (AvgIpc) is 2.80. The number of halogens is 2. The van der Waals surface area contributed by atoms with E-state index in [9.17, 15) is 14.0 Å². The van der Waals surface area contributed by atoms with Gasteiger partial charge in [0, 0.05) is 5.69 Å². The lowest BCUT2D eigenvalue weighted by molar-refractivity contribution is -0.114. The van der Waals surface area contributed by atoms with E-state index in [1.165, 1.54) is 22.9 Å². The zero-order chi connectivity index (χ0) is 14.7. The van der Waals surface area contributed by atoms with E-state index < -0.39 is 11.6 Å². The third-order valence-corrected chi connectivity index (χ3v) is 3.29. The van der Waals surface area contributed by atoms with Crippen LogP contribution in [0.4, 0.5) is 4.39 Å². The van der Waals surface area contributed by atoms with Crippen molar-refractivity contribution in [3.05, 3.63) is 59.2 Å². The van der Waals surface area contributed by atoms with Gasteiger partial charge in [0.25, 0.3) is 0 Å². The fraction of sp³-hybridized carbons (Fsp3) is 0.143. The fourth-order valence-corrected chi connectivity index (χ4v) is 1.93. The molecule has 0 aliphatic heterocycles. The predicted molar refractivity (Wildman–Crippen MR) is 77.2 cm³/mol. The monoisotopic (exact) mass is 338 g/mol. The van der Waals surface area contributed by atoms with E-state index in [4.69, 9.17) is 0 Å². The Bertz CT molecular complexity index is 667. The van der Waals surface area contributed by atoms with Gasteiger partial charge < -0.3 is 0 Å². The van der Waals surface area contributed by atoms with Gasteiger partial charge in [-0.3, -0.25) is 19.7 Å². The molecule has 1 heterocycles. The highest BCUT2D eigenvalue weighted by Crippen LogP contribution is 2.15. The molecule has 0 saturated heterocycles. The van der Waals surface area contributed by atoms with Crippen LogP contribution in [0, 0.1) is 12.7 Å². The second-order valence-corrected chi connectivity index (χ2v) is 4.73. The third-order valence-electron chi connectivity index (χ3n) is 2.79. The lowest BCUT2D eigenvalue weighted by Gasteiger charge is -2.11. The zero-order valence-electron chi connectivity index (χ0n) is 10.7. The van der Waals surface area contributed by atoms with Crippen LogP contribution in [-0.4, -0.2) is 21.7 Å². The summed E-state index contributed by atoms with van der Waals surface area (Å²) in [6.45, 7) is 1.74. The number of rotatable bonds is 4. The smallest absolute Gasteiger partial charge is 0.249 e. The lowest BCUT2D eigenvalue weighted by Crippen LogP contribution is -2.28. The Morgan fingerprint density at radius 3 is 2.60 bits per heavy atom. The first-order chi connectivity index (χ1) is 9.54. The molecule has 0 bridgehead atoms. The number of carbonyl (C=O) groups is 2. The molecule has 0 aliphatic rings. The fourth-order valence-electron chi connectivity index (χ4n) is 1.80. The van der Waals surface area contributed by atoms with Crippen molar-refractivity contribution < 1.29 is 14.0 Å². The number of ketones is 1. The zero-order valence-corrected chi connectivity index (χ0v) is 12.3. The summed E-state index contributed by atoms with van der Waals surface area (Å²) < 4.78 is 15.0. The molecule has 6 heteroatoms. The van der Waals surface area contributed by atoms with Crippen LogP contribution < -0.4 is 5.43 Å². The Morgan fingerprint density at radius 2 is 1.95 bits per heavy atom. The van der Waals surface area contributed by atoms with E-state index in [1.54, 1.807) is 25.1 Å². The molecule has 2 rings (SSSR count). The number of aryl methyl sites for hydroxylation is 1. The summed E-state index contributed by atoms with van der Waals surface area (Å²) in [6.07, 6.45) is 0. The molecule has 2 aromatic rings. The molecule has 0 saturated carbocycles. The second-order valence-electron chi connectivity index (χ2n) is 4.17. The summed E-state index contributed by atoms with van der Waals surface area (Å²) in [5.74, 6) is -1.37. The molecular formula is C14H12BrFN2O2. The van der Waals surface area contributed by atoms with Gasteiger partial charge in [0.2, 0.25) is 11.7 Å². The van der Waals surface area contributed by atoms with Gasteiger partial charge in [-0.25, -0.2) is 4.39 Å². The van der Waals surface area contributed by atoms with E-state index in [0.717, 1.165) is 0 Å². The van der Waals surface area contributed by atoms with Crippen molar-refractivity contribution in [2.75, 3.05) is 10.8 Å². The molecule has 1 aromatic heterocycles. The van der Waals surface area contributed by atoms with E-state index >= 15 is 0 Å². The molecule has 20 heavy (non-hydrogen) atoms. The first-order valence-corrected chi connectivity index (χ1v) is 7.00. The number of hydrogen-bond donors (Lipinski definition) is 1. The number of carbonyl (C=O) groups excluding carboxylic acids is 2. The van der Waals surface area contributed by atoms with Crippen molar-refractivity contribution in [2.45, 2.75) is 6.92 Å². The van der Waals surface area contributed by atoms with Crippen LogP contribution in [0.15, 0.2) is 36.4 Å². The molecule has 1 N–H and O–H groups in total. The SMILES string of the molecule is Cc1ccc(C(=O)c2ccccc2F)n1NC(=O)CBr. The Balaban J connectivity index is 2.41. The highest BCUT2D eigenvalue weighted by molar-refractivity contribution is 9.09. The number of benzene rings is 1. The third kappa shape index (κ3) is 2.80. The summed E-state index contributed by atoms with van der Waals surface area (Å²) >= 11 is 3.03. The van der Waals surface area contributed by atoms with Crippen LogP contribution in [0.25, 0.3) is 0 Å². The molecule has 104 valence electrons. The molecule has 0 aliphatic carbocycles. The molecule has 4 nitrogen and oxygen atoms in total. The normalized spacial score (nSPS) is 10.3. The number of nitrogens with zero attached hydrogens (tertiary/aromatic N) is 1. The summed E-state index contributed by atoms with van der Waals surface area (Å²) in [6, 6.07) is 8.98. The molecule has 0 atom stereocenters. The van der Waals surface area contributed by atoms with Crippen molar-refractivity contribution in [2.24, 2.45) is 0 Å². The molecule has 0 spiro atoms. The van der Waals surface area contributed by atoms with Crippen LogP contribution in [0.3, 0.4) is 0 Å². The van der Waals surface area contributed by atoms with Gasteiger partial charge >= 0.3 is 0 Å². The summed E-state index contributed by atoms with van der Waals surface area (Å²) in [5.41, 5.74) is 3.43.